The fourth-order valence-corrected chi connectivity index (χ4v) is 3.20. The van der Waals surface area contributed by atoms with Gasteiger partial charge in [-0.1, -0.05) is 0 Å². The Morgan fingerprint density at radius 2 is 1.04 bits per heavy atom. The fraction of sp³-hybridized carbons (Fsp3) is 0.0500. The Labute approximate surface area is 150 Å². The van der Waals surface area contributed by atoms with E-state index in [1.807, 2.05) is 54.6 Å². The predicted octanol–water partition coefficient (Wildman–Crippen LogP) is 2.97. The normalized spacial score (nSPS) is 12.0. The van der Waals surface area contributed by atoms with Crippen LogP contribution in [0.25, 0.3) is 0 Å². The molecule has 0 atom stereocenters. The Bertz CT molecular complexity index is 705. The summed E-state index contributed by atoms with van der Waals surface area (Å²) in [6.45, 7) is 0. The van der Waals surface area contributed by atoms with Crippen LogP contribution in [0.1, 0.15) is 16.7 Å². The average Bonchev–Trinajstić information content (AvgIpc) is 2.68. The number of amidine groups is 1. The van der Waals surface area contributed by atoms with E-state index < -0.39 is 5.54 Å². The van der Waals surface area contributed by atoms with E-state index >= 15 is 0 Å². The molecule has 0 spiro atoms. The van der Waals surface area contributed by atoms with Crippen LogP contribution >= 0.6 is 0 Å². The van der Waals surface area contributed by atoms with Crippen molar-refractivity contribution in [2.75, 3.05) is 0 Å². The number of nitrogens with one attached hydrogen (secondary N) is 1. The number of hydrogen-bond donors (Lipinski definition) is 2. The molecule has 3 aromatic carbocycles. The van der Waals surface area contributed by atoms with Crippen LogP contribution in [-0.4, -0.2) is 20.7 Å². The summed E-state index contributed by atoms with van der Waals surface area (Å²) in [7, 11) is 0. The third-order valence-corrected chi connectivity index (χ3v) is 4.41. The molecule has 3 rings (SSSR count). The predicted molar refractivity (Wildman–Crippen MR) is 99.7 cm³/mol. The molecule has 0 aliphatic rings. The van der Waals surface area contributed by atoms with Gasteiger partial charge in [0, 0.05) is 0 Å². The topological polar surface area (TPSA) is 50.4 Å². The van der Waals surface area contributed by atoms with Gasteiger partial charge in [-0.2, -0.15) is 0 Å². The molecule has 0 saturated carbocycles. The van der Waals surface area contributed by atoms with Gasteiger partial charge in [-0.3, -0.25) is 0 Å². The van der Waals surface area contributed by atoms with Crippen LogP contribution < -0.4 is 11.3 Å². The second kappa shape index (κ2) is 7.45. The van der Waals surface area contributed by atoms with Crippen LogP contribution in [-0.2, 0) is 5.54 Å². The second-order valence-corrected chi connectivity index (χ2v) is 6.18. The molecule has 0 aliphatic heterocycles. The quantitative estimate of drug-likeness (QED) is 0.183. The molecule has 0 fully saturated rings. The number of aliphatic imine (C=N–C) groups is 1. The standard InChI is InChI=1S/C20H18N3Se/c21-23-19(24)22-20(16-10-4-1-5-11-16,17-12-6-2-7-13-17)18-14-8-3-9-15-18/h1-15H,21H2,(H,22,23). The van der Waals surface area contributed by atoms with E-state index in [1.54, 1.807) is 0 Å². The molecule has 0 unspecified atom stereocenters. The Hall–Kier alpha value is -2.39. The Balaban J connectivity index is 2.37. The van der Waals surface area contributed by atoms with E-state index in [-0.39, 0.29) is 0 Å². The molecule has 3 nitrogen and oxygen atoms in total. The first-order chi connectivity index (χ1) is 11.8. The van der Waals surface area contributed by atoms with Gasteiger partial charge in [0.15, 0.2) is 0 Å². The molecule has 0 aliphatic carbocycles. The summed E-state index contributed by atoms with van der Waals surface area (Å²) < 4.78 is 0.548. The summed E-state index contributed by atoms with van der Waals surface area (Å²) in [5.41, 5.74) is 5.16. The van der Waals surface area contributed by atoms with Crippen LogP contribution in [0.15, 0.2) is 96.0 Å². The molecule has 0 amide bonds. The summed E-state index contributed by atoms with van der Waals surface area (Å²) in [6, 6.07) is 30.7. The Kier molecular flexibility index (Phi) is 5.11. The van der Waals surface area contributed by atoms with Crippen molar-refractivity contribution in [3.05, 3.63) is 108 Å². The summed E-state index contributed by atoms with van der Waals surface area (Å²) in [6.07, 6.45) is 0. The van der Waals surface area contributed by atoms with Crippen molar-refractivity contribution in [2.24, 2.45) is 10.8 Å². The summed E-state index contributed by atoms with van der Waals surface area (Å²) >= 11 is 2.91. The van der Waals surface area contributed by atoms with E-state index in [2.05, 4.69) is 57.8 Å². The van der Waals surface area contributed by atoms with Gasteiger partial charge in [0.25, 0.3) is 0 Å². The van der Waals surface area contributed by atoms with Gasteiger partial charge in [0.05, 0.1) is 0 Å². The maximum absolute atomic E-state index is 5.60. The summed E-state index contributed by atoms with van der Waals surface area (Å²) in [5.74, 6) is 5.60. The fourth-order valence-electron chi connectivity index (χ4n) is 2.92. The number of nitrogens with zero attached hydrogens (tertiary/aromatic N) is 1. The first-order valence-electron chi connectivity index (χ1n) is 7.67. The number of nitrogens with two attached hydrogens (primary N) is 1. The number of hydrogen-bond acceptors (Lipinski definition) is 2. The van der Waals surface area contributed by atoms with Crippen LogP contribution in [0.2, 0.25) is 0 Å². The van der Waals surface area contributed by atoms with Crippen molar-refractivity contribution in [1.82, 2.24) is 5.43 Å². The number of hydrazine groups is 1. The average molecular weight is 379 g/mol. The van der Waals surface area contributed by atoms with Gasteiger partial charge >= 0.3 is 150 Å². The minimum absolute atomic E-state index is 0.548. The SMILES string of the molecule is NNC([Se])=NC(c1ccccc1)(c1ccccc1)c1ccccc1. The van der Waals surface area contributed by atoms with Gasteiger partial charge in [-0.05, 0) is 0 Å². The molecule has 3 N–H and O–H groups in total. The Morgan fingerprint density at radius 3 is 1.33 bits per heavy atom. The van der Waals surface area contributed by atoms with E-state index in [4.69, 9.17) is 10.8 Å². The van der Waals surface area contributed by atoms with Crippen molar-refractivity contribution in [3.8, 4) is 0 Å². The van der Waals surface area contributed by atoms with Gasteiger partial charge in [0.2, 0.25) is 0 Å². The zero-order valence-electron chi connectivity index (χ0n) is 13.1. The molecule has 4 heteroatoms. The summed E-state index contributed by atoms with van der Waals surface area (Å²) in [4.78, 5) is 4.96. The van der Waals surface area contributed by atoms with Crippen molar-refractivity contribution in [2.45, 2.75) is 5.54 Å². The molecule has 0 saturated heterocycles. The molecule has 0 aromatic heterocycles. The molecule has 0 bridgehead atoms. The van der Waals surface area contributed by atoms with E-state index in [1.165, 1.54) is 0 Å². The van der Waals surface area contributed by atoms with Crippen molar-refractivity contribution < 1.29 is 0 Å². The molecule has 0 heterocycles. The minimum atomic E-state index is -0.684. The van der Waals surface area contributed by atoms with E-state index in [9.17, 15) is 0 Å². The van der Waals surface area contributed by atoms with Gasteiger partial charge in [-0.15, -0.1) is 0 Å². The molecule has 3 aromatic rings. The summed E-state index contributed by atoms with van der Waals surface area (Å²) in [5, 5.41) is 0. The second-order valence-electron chi connectivity index (χ2n) is 5.37. The van der Waals surface area contributed by atoms with Crippen molar-refractivity contribution >= 4 is 20.7 Å². The van der Waals surface area contributed by atoms with E-state index in [0.717, 1.165) is 16.7 Å². The zero-order chi connectivity index (χ0) is 16.8. The molecular weight excluding hydrogens is 361 g/mol. The first-order valence-corrected chi connectivity index (χ1v) is 8.53. The number of benzene rings is 3. The van der Waals surface area contributed by atoms with Gasteiger partial charge in [-0.25, -0.2) is 0 Å². The van der Waals surface area contributed by atoms with Gasteiger partial charge in [0.1, 0.15) is 0 Å². The van der Waals surface area contributed by atoms with Crippen LogP contribution in [0.4, 0.5) is 0 Å². The van der Waals surface area contributed by atoms with Gasteiger partial charge < -0.3 is 0 Å². The maximum atomic E-state index is 5.60. The Morgan fingerprint density at radius 1 is 0.708 bits per heavy atom. The van der Waals surface area contributed by atoms with Crippen LogP contribution in [0, 0.1) is 0 Å². The van der Waals surface area contributed by atoms with Crippen LogP contribution in [0.5, 0.6) is 0 Å². The zero-order valence-corrected chi connectivity index (χ0v) is 14.8. The molecule has 119 valence electrons. The van der Waals surface area contributed by atoms with Crippen LogP contribution in [0.3, 0.4) is 0 Å². The first kappa shape index (κ1) is 16.5. The molecule has 1 radical (unpaired) electrons. The van der Waals surface area contributed by atoms with E-state index in [0.29, 0.717) is 4.73 Å². The van der Waals surface area contributed by atoms with Crippen molar-refractivity contribution in [1.29, 1.82) is 0 Å². The molecule has 24 heavy (non-hydrogen) atoms. The molecular formula is C20H18N3Se. The monoisotopic (exact) mass is 380 g/mol. The van der Waals surface area contributed by atoms with Crippen molar-refractivity contribution in [3.63, 3.8) is 0 Å². The third-order valence-electron chi connectivity index (χ3n) is 3.97. The number of rotatable bonds is 4. The third kappa shape index (κ3) is 3.13.